The number of amides is 3. The number of anilines is 1. The fraction of sp³-hybridized carbons (Fsp3) is 0.452. The number of hydrogen-bond donors (Lipinski definition) is 2. The summed E-state index contributed by atoms with van der Waals surface area (Å²) in [6.07, 6.45) is 8.31. The number of carbonyl (C=O) groups excluding carboxylic acids is 3. The third kappa shape index (κ3) is 4.36. The number of carbonyl (C=O) groups is 3. The maximum absolute atomic E-state index is 14.3. The molecule has 0 radical (unpaired) electrons. The Hall–Kier alpha value is -3.16. The Bertz CT molecular complexity index is 1320. The van der Waals surface area contributed by atoms with Crippen molar-refractivity contribution in [1.82, 2.24) is 10.2 Å². The average molecular weight is 548 g/mol. The maximum atomic E-state index is 14.3. The molecule has 2 aromatic rings. The molecule has 0 aromatic heterocycles. The molecule has 7 nitrogen and oxygen atoms in total. The quantitative estimate of drug-likeness (QED) is 0.501. The van der Waals surface area contributed by atoms with Gasteiger partial charge in [0.1, 0.15) is 11.6 Å². The second kappa shape index (κ2) is 10.1. The van der Waals surface area contributed by atoms with Crippen molar-refractivity contribution < 1.29 is 19.1 Å². The molecule has 2 aromatic carbocycles. The van der Waals surface area contributed by atoms with Crippen LogP contribution in [0.25, 0.3) is 0 Å². The van der Waals surface area contributed by atoms with Crippen molar-refractivity contribution in [3.05, 3.63) is 76.8 Å². The highest BCUT2D eigenvalue weighted by Gasteiger charge is 2.73. The van der Waals surface area contributed by atoms with E-state index in [4.69, 9.17) is 16.3 Å². The van der Waals surface area contributed by atoms with E-state index in [1.807, 2.05) is 62.4 Å². The first-order chi connectivity index (χ1) is 18.8. The van der Waals surface area contributed by atoms with E-state index in [2.05, 4.69) is 10.6 Å². The van der Waals surface area contributed by atoms with Gasteiger partial charge in [0.15, 0.2) is 0 Å². The second-order valence-electron chi connectivity index (χ2n) is 11.3. The number of nitrogens with one attached hydrogen (secondary N) is 2. The van der Waals surface area contributed by atoms with Crippen LogP contribution in [0.2, 0.25) is 5.02 Å². The van der Waals surface area contributed by atoms with E-state index in [0.717, 1.165) is 36.8 Å². The van der Waals surface area contributed by atoms with E-state index in [9.17, 15) is 14.4 Å². The first-order valence-electron chi connectivity index (χ1n) is 13.9. The van der Waals surface area contributed by atoms with Crippen LogP contribution in [0.1, 0.15) is 56.2 Å². The second-order valence-corrected chi connectivity index (χ2v) is 11.7. The van der Waals surface area contributed by atoms with Gasteiger partial charge in [0.05, 0.1) is 24.0 Å². The normalized spacial score (nSPS) is 30.3. The van der Waals surface area contributed by atoms with Gasteiger partial charge < -0.3 is 20.3 Å². The molecule has 3 heterocycles. The van der Waals surface area contributed by atoms with Crippen LogP contribution in [0.3, 0.4) is 0 Å². The fourth-order valence-corrected chi connectivity index (χ4v) is 7.12. The Labute approximate surface area is 233 Å². The Morgan fingerprint density at radius 2 is 1.82 bits per heavy atom. The number of rotatable bonds is 6. The van der Waals surface area contributed by atoms with Gasteiger partial charge in [-0.3, -0.25) is 14.4 Å². The van der Waals surface area contributed by atoms with E-state index < -0.39 is 29.6 Å². The van der Waals surface area contributed by atoms with E-state index in [1.54, 1.807) is 17.0 Å². The first-order valence-corrected chi connectivity index (χ1v) is 14.3. The van der Waals surface area contributed by atoms with Crippen LogP contribution < -0.4 is 10.6 Å². The average Bonchev–Trinajstić information content (AvgIpc) is 3.58. The number of halogens is 1. The number of nitrogens with zero attached hydrogens (tertiary/aromatic N) is 1. The fourth-order valence-electron chi connectivity index (χ4n) is 6.94. The van der Waals surface area contributed by atoms with Crippen molar-refractivity contribution in [2.24, 2.45) is 11.8 Å². The van der Waals surface area contributed by atoms with Crippen LogP contribution in [-0.4, -0.2) is 46.4 Å². The Balaban J connectivity index is 1.35. The van der Waals surface area contributed by atoms with Crippen LogP contribution in [0, 0.1) is 18.8 Å². The summed E-state index contributed by atoms with van der Waals surface area (Å²) in [5.41, 5.74) is 1.19. The predicted octanol–water partition coefficient (Wildman–Crippen LogP) is 4.95. The molecule has 39 heavy (non-hydrogen) atoms. The van der Waals surface area contributed by atoms with Crippen molar-refractivity contribution in [1.29, 1.82) is 0 Å². The molecule has 204 valence electrons. The lowest BCUT2D eigenvalue weighted by atomic mass is 9.74. The third-order valence-electron chi connectivity index (χ3n) is 8.95. The monoisotopic (exact) mass is 547 g/mol. The van der Waals surface area contributed by atoms with E-state index in [1.165, 1.54) is 6.42 Å². The summed E-state index contributed by atoms with van der Waals surface area (Å²) in [4.78, 5) is 43.7. The van der Waals surface area contributed by atoms with Crippen LogP contribution in [0.5, 0.6) is 0 Å². The molecular weight excluding hydrogens is 514 g/mol. The number of benzene rings is 2. The topological polar surface area (TPSA) is 87.7 Å². The standard InChI is InChI=1S/C31H34ClN3O4/c1-18-13-14-22(17-23(18)32)34-28(36)25-24-15-16-31(39-24)26(25)30(38)35(19(2)20-9-5-3-6-10-20)27(31)29(37)33-21-11-7-4-8-12-21/h3,5-6,9-10,13-17,19,21,24-27H,4,7-8,11-12H2,1-2H3,(H,33,37)(H,34,36)/t19-,24-,25+,26-,27-,31-/m1/s1. The third-order valence-corrected chi connectivity index (χ3v) is 9.36. The molecule has 3 amide bonds. The lowest BCUT2D eigenvalue weighted by molar-refractivity contribution is -0.143. The highest BCUT2D eigenvalue weighted by atomic mass is 35.5. The number of fused-ring (bicyclic) bond motifs is 1. The maximum Gasteiger partial charge on any atom is 0.246 e. The number of hydrogen-bond acceptors (Lipinski definition) is 4. The van der Waals surface area contributed by atoms with Gasteiger partial charge in [0, 0.05) is 16.8 Å². The minimum atomic E-state index is -1.20. The summed E-state index contributed by atoms with van der Waals surface area (Å²) in [7, 11) is 0. The summed E-state index contributed by atoms with van der Waals surface area (Å²) in [5.74, 6) is -2.33. The van der Waals surface area contributed by atoms with Crippen molar-refractivity contribution in [2.75, 3.05) is 5.32 Å². The van der Waals surface area contributed by atoms with Gasteiger partial charge in [-0.1, -0.05) is 79.4 Å². The largest absolute Gasteiger partial charge is 0.359 e. The number of ether oxygens (including phenoxy) is 1. The van der Waals surface area contributed by atoms with Crippen LogP contribution in [0.15, 0.2) is 60.7 Å². The van der Waals surface area contributed by atoms with Gasteiger partial charge in [0.25, 0.3) is 0 Å². The molecule has 2 saturated heterocycles. The summed E-state index contributed by atoms with van der Waals surface area (Å²) in [5, 5.41) is 6.73. The molecular formula is C31H34ClN3O4. The molecule has 1 saturated carbocycles. The highest BCUT2D eigenvalue weighted by Crippen LogP contribution is 2.56. The molecule has 1 spiro atoms. The lowest BCUT2D eigenvalue weighted by Gasteiger charge is -2.37. The Morgan fingerprint density at radius 1 is 1.08 bits per heavy atom. The molecule has 3 fully saturated rings. The van der Waals surface area contributed by atoms with Gasteiger partial charge in [-0.15, -0.1) is 0 Å². The molecule has 4 aliphatic rings. The number of aryl methyl sites for hydroxylation is 1. The van der Waals surface area contributed by atoms with Crippen molar-refractivity contribution in [3.8, 4) is 0 Å². The van der Waals surface area contributed by atoms with E-state index >= 15 is 0 Å². The van der Waals surface area contributed by atoms with Crippen molar-refractivity contribution >= 4 is 35.0 Å². The zero-order chi connectivity index (χ0) is 27.3. The van der Waals surface area contributed by atoms with Crippen LogP contribution in [-0.2, 0) is 19.1 Å². The van der Waals surface area contributed by atoms with Gasteiger partial charge >= 0.3 is 0 Å². The summed E-state index contributed by atoms with van der Waals surface area (Å²) in [6.45, 7) is 3.83. The highest BCUT2D eigenvalue weighted by molar-refractivity contribution is 6.31. The molecule has 1 aliphatic carbocycles. The molecule has 8 heteroatoms. The lowest BCUT2D eigenvalue weighted by Crippen LogP contribution is -2.56. The molecule has 2 N–H and O–H groups in total. The number of likely N-dealkylation sites (tertiary alicyclic amines) is 1. The summed E-state index contributed by atoms with van der Waals surface area (Å²) >= 11 is 6.28. The van der Waals surface area contributed by atoms with E-state index in [-0.39, 0.29) is 29.8 Å². The Morgan fingerprint density at radius 3 is 2.54 bits per heavy atom. The Kier molecular flexibility index (Phi) is 6.76. The zero-order valence-electron chi connectivity index (χ0n) is 22.2. The predicted molar refractivity (Wildman–Crippen MR) is 149 cm³/mol. The van der Waals surface area contributed by atoms with Gasteiger partial charge in [0.2, 0.25) is 17.7 Å². The van der Waals surface area contributed by atoms with Gasteiger partial charge in [-0.05, 0) is 49.9 Å². The van der Waals surface area contributed by atoms with Crippen LogP contribution >= 0.6 is 11.6 Å². The summed E-state index contributed by atoms with van der Waals surface area (Å²) in [6, 6.07) is 13.9. The molecule has 3 aliphatic heterocycles. The summed E-state index contributed by atoms with van der Waals surface area (Å²) < 4.78 is 6.49. The molecule has 6 rings (SSSR count). The van der Waals surface area contributed by atoms with Crippen molar-refractivity contribution in [3.63, 3.8) is 0 Å². The van der Waals surface area contributed by atoms with Crippen molar-refractivity contribution in [2.45, 2.75) is 75.8 Å². The smallest absolute Gasteiger partial charge is 0.246 e. The van der Waals surface area contributed by atoms with Gasteiger partial charge in [-0.2, -0.15) is 0 Å². The van der Waals surface area contributed by atoms with Crippen LogP contribution in [0.4, 0.5) is 5.69 Å². The molecule has 0 unspecified atom stereocenters. The van der Waals surface area contributed by atoms with Gasteiger partial charge in [-0.25, -0.2) is 0 Å². The molecule has 6 atom stereocenters. The SMILES string of the molecule is Cc1ccc(NC(=O)[C@H]2[C@H]3C=C[C@@]4(O3)[C@H]2C(=O)N([C@H](C)c2ccccc2)[C@@H]4C(=O)NC2CCCCC2)cc1Cl. The molecule has 2 bridgehead atoms. The zero-order valence-corrected chi connectivity index (χ0v) is 23.0. The minimum absolute atomic E-state index is 0.0821. The first kappa shape index (κ1) is 26.1. The van der Waals surface area contributed by atoms with E-state index in [0.29, 0.717) is 10.7 Å². The minimum Gasteiger partial charge on any atom is -0.359 e.